The van der Waals surface area contributed by atoms with Crippen molar-refractivity contribution < 1.29 is 14.3 Å². The molecule has 1 aliphatic rings. The Balaban J connectivity index is 2.33. The Morgan fingerprint density at radius 1 is 1.00 bits per heavy atom. The number of benzene rings is 1. The Labute approximate surface area is 119 Å². The van der Waals surface area contributed by atoms with Gasteiger partial charge in [-0.05, 0) is 25.0 Å². The van der Waals surface area contributed by atoms with Gasteiger partial charge in [0.05, 0.1) is 16.8 Å². The Morgan fingerprint density at radius 2 is 1.65 bits per heavy atom. The molecule has 20 heavy (non-hydrogen) atoms. The third-order valence-electron chi connectivity index (χ3n) is 3.56. The van der Waals surface area contributed by atoms with E-state index in [9.17, 15) is 9.59 Å². The standard InChI is InChI=1S/C16H21NO3/c1-3-5-10-17(11-6-4-2)13-9-7-8-12-14(13)16(19)20-15(12)18/h7-9H,3-6,10-11H2,1-2H3. The van der Waals surface area contributed by atoms with Crippen LogP contribution >= 0.6 is 0 Å². The van der Waals surface area contributed by atoms with Crippen LogP contribution in [0.2, 0.25) is 0 Å². The lowest BCUT2D eigenvalue weighted by molar-refractivity contribution is 0.0444. The van der Waals surface area contributed by atoms with Gasteiger partial charge >= 0.3 is 11.9 Å². The Morgan fingerprint density at radius 3 is 2.25 bits per heavy atom. The van der Waals surface area contributed by atoms with Crippen molar-refractivity contribution in [1.82, 2.24) is 0 Å². The highest BCUT2D eigenvalue weighted by atomic mass is 16.6. The third kappa shape index (κ3) is 2.84. The number of unbranched alkanes of at least 4 members (excludes halogenated alkanes) is 2. The number of ether oxygens (including phenoxy) is 1. The van der Waals surface area contributed by atoms with E-state index in [0.717, 1.165) is 44.5 Å². The van der Waals surface area contributed by atoms with Crippen LogP contribution in [0.15, 0.2) is 18.2 Å². The number of carbonyl (C=O) groups is 2. The summed E-state index contributed by atoms with van der Waals surface area (Å²) in [4.78, 5) is 25.7. The first-order chi connectivity index (χ1) is 9.69. The number of anilines is 1. The second-order valence-corrected chi connectivity index (χ2v) is 5.07. The molecule has 0 aliphatic carbocycles. The molecule has 1 heterocycles. The molecule has 2 rings (SSSR count). The zero-order valence-corrected chi connectivity index (χ0v) is 12.1. The average Bonchev–Trinajstić information content (AvgIpc) is 2.75. The van der Waals surface area contributed by atoms with Gasteiger partial charge in [0.25, 0.3) is 0 Å². The monoisotopic (exact) mass is 275 g/mol. The largest absolute Gasteiger partial charge is 0.386 e. The number of carbonyl (C=O) groups excluding carboxylic acids is 2. The number of nitrogens with zero attached hydrogens (tertiary/aromatic N) is 1. The summed E-state index contributed by atoms with van der Waals surface area (Å²) in [6.45, 7) is 6.08. The first kappa shape index (κ1) is 14.6. The quantitative estimate of drug-likeness (QED) is 0.565. The van der Waals surface area contributed by atoms with Crippen LogP contribution < -0.4 is 4.90 Å². The maximum atomic E-state index is 11.9. The fourth-order valence-electron chi connectivity index (χ4n) is 2.43. The molecule has 4 nitrogen and oxygen atoms in total. The van der Waals surface area contributed by atoms with Crippen molar-refractivity contribution in [3.05, 3.63) is 29.3 Å². The summed E-state index contributed by atoms with van der Waals surface area (Å²) in [5, 5.41) is 0. The molecule has 1 aliphatic heterocycles. The lowest BCUT2D eigenvalue weighted by Crippen LogP contribution is -2.27. The number of esters is 2. The van der Waals surface area contributed by atoms with E-state index in [1.165, 1.54) is 0 Å². The molecule has 0 atom stereocenters. The molecule has 0 saturated carbocycles. The minimum Gasteiger partial charge on any atom is -0.386 e. The average molecular weight is 275 g/mol. The molecule has 1 aromatic carbocycles. The molecular weight excluding hydrogens is 254 g/mol. The molecule has 0 bridgehead atoms. The van der Waals surface area contributed by atoms with Gasteiger partial charge < -0.3 is 9.64 Å². The van der Waals surface area contributed by atoms with Crippen LogP contribution in [0.1, 0.15) is 60.2 Å². The summed E-state index contributed by atoms with van der Waals surface area (Å²) in [7, 11) is 0. The maximum Gasteiger partial charge on any atom is 0.349 e. The number of hydrogen-bond acceptors (Lipinski definition) is 4. The van der Waals surface area contributed by atoms with E-state index in [2.05, 4.69) is 18.7 Å². The van der Waals surface area contributed by atoms with Crippen LogP contribution in [0.3, 0.4) is 0 Å². The van der Waals surface area contributed by atoms with Gasteiger partial charge in [-0.3, -0.25) is 0 Å². The SMILES string of the molecule is CCCCN(CCCC)c1cccc2c1C(=O)OC2=O. The minimum absolute atomic E-state index is 0.394. The van der Waals surface area contributed by atoms with E-state index >= 15 is 0 Å². The van der Waals surface area contributed by atoms with E-state index in [-0.39, 0.29) is 0 Å². The molecule has 0 amide bonds. The lowest BCUT2D eigenvalue weighted by Gasteiger charge is -2.25. The number of rotatable bonds is 7. The zero-order chi connectivity index (χ0) is 14.5. The van der Waals surface area contributed by atoms with E-state index in [0.29, 0.717) is 11.1 Å². The fourth-order valence-corrected chi connectivity index (χ4v) is 2.43. The summed E-state index contributed by atoms with van der Waals surface area (Å²) < 4.78 is 4.73. The van der Waals surface area contributed by atoms with Gasteiger partial charge in [-0.1, -0.05) is 32.8 Å². The molecule has 0 spiro atoms. The third-order valence-corrected chi connectivity index (χ3v) is 3.56. The van der Waals surface area contributed by atoms with Crippen molar-refractivity contribution in [2.75, 3.05) is 18.0 Å². The van der Waals surface area contributed by atoms with E-state index in [4.69, 9.17) is 4.74 Å². The maximum absolute atomic E-state index is 11.9. The van der Waals surface area contributed by atoms with Crippen molar-refractivity contribution in [2.24, 2.45) is 0 Å². The second-order valence-electron chi connectivity index (χ2n) is 5.07. The van der Waals surface area contributed by atoms with Crippen LogP contribution in [-0.4, -0.2) is 25.0 Å². The van der Waals surface area contributed by atoms with Crippen LogP contribution in [0.25, 0.3) is 0 Å². The van der Waals surface area contributed by atoms with Crippen molar-refractivity contribution in [3.8, 4) is 0 Å². The first-order valence-corrected chi connectivity index (χ1v) is 7.33. The summed E-state index contributed by atoms with van der Waals surface area (Å²) >= 11 is 0. The van der Waals surface area contributed by atoms with Crippen LogP contribution in [0, 0.1) is 0 Å². The Bertz CT molecular complexity index is 502. The Kier molecular flexibility index (Phi) is 4.77. The predicted octanol–water partition coefficient (Wildman–Crippen LogP) is 3.40. The van der Waals surface area contributed by atoms with Gasteiger partial charge in [-0.15, -0.1) is 0 Å². The van der Waals surface area contributed by atoms with Crippen molar-refractivity contribution in [3.63, 3.8) is 0 Å². The van der Waals surface area contributed by atoms with Gasteiger partial charge in [0.2, 0.25) is 0 Å². The van der Waals surface area contributed by atoms with Gasteiger partial charge in [0.15, 0.2) is 0 Å². The molecule has 1 aromatic rings. The highest BCUT2D eigenvalue weighted by Gasteiger charge is 2.33. The van der Waals surface area contributed by atoms with Gasteiger partial charge in [-0.2, -0.15) is 0 Å². The molecule has 108 valence electrons. The van der Waals surface area contributed by atoms with Gasteiger partial charge in [-0.25, -0.2) is 9.59 Å². The van der Waals surface area contributed by atoms with Gasteiger partial charge in [0.1, 0.15) is 0 Å². The summed E-state index contributed by atoms with van der Waals surface area (Å²) in [5.74, 6) is -1.05. The highest BCUT2D eigenvalue weighted by Crippen LogP contribution is 2.30. The summed E-state index contributed by atoms with van der Waals surface area (Å²) in [6.07, 6.45) is 4.33. The van der Waals surface area contributed by atoms with Crippen LogP contribution in [-0.2, 0) is 4.74 Å². The van der Waals surface area contributed by atoms with Crippen molar-refractivity contribution >= 4 is 17.6 Å². The highest BCUT2D eigenvalue weighted by molar-refractivity contribution is 6.17. The van der Waals surface area contributed by atoms with E-state index in [1.807, 2.05) is 12.1 Å². The van der Waals surface area contributed by atoms with Gasteiger partial charge in [0, 0.05) is 13.1 Å². The summed E-state index contributed by atoms with van der Waals surface area (Å²) in [6, 6.07) is 5.38. The molecule has 0 saturated heterocycles. The van der Waals surface area contributed by atoms with Crippen LogP contribution in [0.5, 0.6) is 0 Å². The number of hydrogen-bond donors (Lipinski definition) is 0. The van der Waals surface area contributed by atoms with Crippen molar-refractivity contribution in [1.29, 1.82) is 0 Å². The molecule has 0 N–H and O–H groups in total. The van der Waals surface area contributed by atoms with Crippen molar-refractivity contribution in [2.45, 2.75) is 39.5 Å². The van der Waals surface area contributed by atoms with E-state index < -0.39 is 11.9 Å². The molecule has 0 radical (unpaired) electrons. The Hall–Kier alpha value is -1.84. The second kappa shape index (κ2) is 6.55. The molecular formula is C16H21NO3. The minimum atomic E-state index is -0.530. The first-order valence-electron chi connectivity index (χ1n) is 7.33. The predicted molar refractivity (Wildman–Crippen MR) is 78.2 cm³/mol. The molecule has 0 fully saturated rings. The number of fused-ring (bicyclic) bond motifs is 1. The fraction of sp³-hybridized carbons (Fsp3) is 0.500. The molecule has 4 heteroatoms. The molecule has 0 aromatic heterocycles. The normalized spacial score (nSPS) is 13.3. The van der Waals surface area contributed by atoms with Crippen LogP contribution in [0.4, 0.5) is 5.69 Å². The lowest BCUT2D eigenvalue weighted by atomic mass is 10.1. The summed E-state index contributed by atoms with van der Waals surface area (Å²) in [5.41, 5.74) is 1.66. The number of cyclic esters (lactones) is 2. The smallest absolute Gasteiger partial charge is 0.349 e. The molecule has 0 unspecified atom stereocenters. The van der Waals surface area contributed by atoms with E-state index in [1.54, 1.807) is 6.07 Å². The zero-order valence-electron chi connectivity index (χ0n) is 12.1. The topological polar surface area (TPSA) is 46.6 Å².